The maximum absolute atomic E-state index is 12.1. The van der Waals surface area contributed by atoms with Crippen molar-refractivity contribution in [1.29, 1.82) is 0 Å². The van der Waals surface area contributed by atoms with Crippen LogP contribution in [-0.4, -0.2) is 30.2 Å². The molecule has 2 N–H and O–H groups in total. The topological polar surface area (TPSA) is 69.6 Å². The second kappa shape index (κ2) is 7.33. The van der Waals surface area contributed by atoms with E-state index in [0.29, 0.717) is 12.2 Å². The molecule has 2 amide bonds. The summed E-state index contributed by atoms with van der Waals surface area (Å²) in [5.41, 5.74) is 2.70. The molecule has 0 unspecified atom stereocenters. The molecule has 5 nitrogen and oxygen atoms in total. The molecule has 0 radical (unpaired) electrons. The van der Waals surface area contributed by atoms with Gasteiger partial charge in [0.2, 0.25) is 0 Å². The minimum absolute atomic E-state index is 0.371. The van der Waals surface area contributed by atoms with Crippen LogP contribution in [0.25, 0.3) is 0 Å². The van der Waals surface area contributed by atoms with Crippen LogP contribution in [0, 0.1) is 6.92 Å². The van der Waals surface area contributed by atoms with Crippen molar-refractivity contribution in [2.45, 2.75) is 20.8 Å². The molecule has 20 heavy (non-hydrogen) atoms. The van der Waals surface area contributed by atoms with Crippen LogP contribution in [0.2, 0.25) is 0 Å². The van der Waals surface area contributed by atoms with E-state index in [9.17, 15) is 9.59 Å². The highest BCUT2D eigenvalue weighted by Crippen LogP contribution is 2.15. The van der Waals surface area contributed by atoms with Crippen molar-refractivity contribution in [1.82, 2.24) is 5.32 Å². The Kier molecular flexibility index (Phi) is 5.77. The van der Waals surface area contributed by atoms with Crippen LogP contribution in [0.15, 0.2) is 35.9 Å². The summed E-state index contributed by atoms with van der Waals surface area (Å²) in [5, 5.41) is 11.6. The summed E-state index contributed by atoms with van der Waals surface area (Å²) in [5.74, 6) is -1.05. The predicted octanol–water partition coefficient (Wildman–Crippen LogP) is 2.56. The number of carbonyl (C=O) groups is 2. The van der Waals surface area contributed by atoms with Gasteiger partial charge in [-0.05, 0) is 32.9 Å². The summed E-state index contributed by atoms with van der Waals surface area (Å²) in [6.45, 7) is 5.80. The summed E-state index contributed by atoms with van der Waals surface area (Å²) in [7, 11) is 0. The fourth-order valence-electron chi connectivity index (χ4n) is 1.58. The number of anilines is 1. The second-order valence-corrected chi connectivity index (χ2v) is 4.78. The van der Waals surface area contributed by atoms with Gasteiger partial charge < -0.3 is 10.4 Å². The lowest BCUT2D eigenvalue weighted by molar-refractivity contribution is -0.135. The van der Waals surface area contributed by atoms with Crippen molar-refractivity contribution in [3.8, 4) is 0 Å². The Balaban J connectivity index is 2.83. The van der Waals surface area contributed by atoms with Crippen LogP contribution >= 0.6 is 0 Å². The maximum Gasteiger partial charge on any atom is 0.323 e. The van der Waals surface area contributed by atoms with E-state index in [4.69, 9.17) is 5.11 Å². The molecule has 0 heterocycles. The van der Waals surface area contributed by atoms with Crippen molar-refractivity contribution < 1.29 is 14.7 Å². The van der Waals surface area contributed by atoms with Gasteiger partial charge in [0.1, 0.15) is 6.54 Å². The van der Waals surface area contributed by atoms with Crippen molar-refractivity contribution in [3.05, 3.63) is 41.5 Å². The van der Waals surface area contributed by atoms with E-state index in [1.165, 1.54) is 4.90 Å². The third kappa shape index (κ3) is 5.14. The first-order valence-electron chi connectivity index (χ1n) is 6.37. The molecular weight excluding hydrogens is 256 g/mol. The average Bonchev–Trinajstić information content (AvgIpc) is 2.36. The molecule has 0 spiro atoms. The van der Waals surface area contributed by atoms with E-state index in [-0.39, 0.29) is 6.54 Å². The van der Waals surface area contributed by atoms with E-state index < -0.39 is 12.0 Å². The number of aryl methyl sites for hydroxylation is 1. The highest BCUT2D eigenvalue weighted by Gasteiger charge is 2.17. The number of allylic oxidation sites excluding steroid dienone is 1. The summed E-state index contributed by atoms with van der Waals surface area (Å²) in [4.78, 5) is 24.2. The first kappa shape index (κ1) is 15.8. The second-order valence-electron chi connectivity index (χ2n) is 4.78. The molecule has 0 atom stereocenters. The molecule has 1 aromatic carbocycles. The van der Waals surface area contributed by atoms with Crippen LogP contribution in [-0.2, 0) is 4.79 Å². The van der Waals surface area contributed by atoms with Crippen molar-refractivity contribution in [2.75, 3.05) is 18.0 Å². The van der Waals surface area contributed by atoms with Gasteiger partial charge in [-0.25, -0.2) is 4.79 Å². The summed E-state index contributed by atoms with van der Waals surface area (Å²) >= 11 is 0. The SMILES string of the molecule is CC(C)=CCNC(=O)N(CC(=O)O)c1ccc(C)cc1. The monoisotopic (exact) mass is 276 g/mol. The number of carbonyl (C=O) groups excluding carboxylic acids is 1. The summed E-state index contributed by atoms with van der Waals surface area (Å²) < 4.78 is 0. The fraction of sp³-hybridized carbons (Fsp3) is 0.333. The Morgan fingerprint density at radius 3 is 2.35 bits per heavy atom. The van der Waals surface area contributed by atoms with Crippen LogP contribution in [0.5, 0.6) is 0 Å². The Morgan fingerprint density at radius 1 is 1.25 bits per heavy atom. The van der Waals surface area contributed by atoms with Gasteiger partial charge in [0.25, 0.3) is 0 Å². The highest BCUT2D eigenvalue weighted by atomic mass is 16.4. The summed E-state index contributed by atoms with van der Waals surface area (Å²) in [6, 6.07) is 6.73. The Bertz CT molecular complexity index is 502. The number of hydrogen-bond acceptors (Lipinski definition) is 2. The number of rotatable bonds is 5. The van der Waals surface area contributed by atoms with Crippen LogP contribution < -0.4 is 10.2 Å². The molecular formula is C15H20N2O3. The number of nitrogens with zero attached hydrogens (tertiary/aromatic N) is 1. The van der Waals surface area contributed by atoms with Gasteiger partial charge in [-0.1, -0.05) is 29.3 Å². The minimum atomic E-state index is -1.05. The first-order valence-corrected chi connectivity index (χ1v) is 6.37. The Morgan fingerprint density at radius 2 is 1.85 bits per heavy atom. The molecule has 0 aromatic heterocycles. The molecule has 0 aliphatic rings. The van der Waals surface area contributed by atoms with Crippen LogP contribution in [0.3, 0.4) is 0 Å². The molecule has 0 fully saturated rings. The van der Waals surface area contributed by atoms with Gasteiger partial charge in [0.05, 0.1) is 0 Å². The lowest BCUT2D eigenvalue weighted by Gasteiger charge is -2.21. The number of nitrogens with one attached hydrogen (secondary N) is 1. The summed E-state index contributed by atoms with van der Waals surface area (Å²) in [6.07, 6.45) is 1.87. The molecule has 0 saturated carbocycles. The standard InChI is InChI=1S/C15H20N2O3/c1-11(2)8-9-16-15(20)17(10-14(18)19)13-6-4-12(3)5-7-13/h4-8H,9-10H2,1-3H3,(H,16,20)(H,18,19). The van der Waals surface area contributed by atoms with Crippen molar-refractivity contribution >= 4 is 17.7 Å². The van der Waals surface area contributed by atoms with Crippen molar-refractivity contribution in [3.63, 3.8) is 0 Å². The predicted molar refractivity (Wildman–Crippen MR) is 79.0 cm³/mol. The quantitative estimate of drug-likeness (QED) is 0.812. The zero-order valence-electron chi connectivity index (χ0n) is 12.0. The van der Waals surface area contributed by atoms with E-state index in [2.05, 4.69) is 5.32 Å². The molecule has 108 valence electrons. The minimum Gasteiger partial charge on any atom is -0.480 e. The van der Waals surface area contributed by atoms with Crippen molar-refractivity contribution in [2.24, 2.45) is 0 Å². The molecule has 1 rings (SSSR count). The van der Waals surface area contributed by atoms with Gasteiger partial charge in [-0.15, -0.1) is 0 Å². The van der Waals surface area contributed by atoms with Gasteiger partial charge in [0, 0.05) is 12.2 Å². The first-order chi connectivity index (χ1) is 9.40. The van der Waals surface area contributed by atoms with Gasteiger partial charge in [-0.2, -0.15) is 0 Å². The largest absolute Gasteiger partial charge is 0.480 e. The number of urea groups is 1. The lowest BCUT2D eigenvalue weighted by Crippen LogP contribution is -2.43. The average molecular weight is 276 g/mol. The number of aliphatic carboxylic acids is 1. The van der Waals surface area contributed by atoms with Crippen LogP contribution in [0.4, 0.5) is 10.5 Å². The molecule has 1 aromatic rings. The molecule has 0 aliphatic heterocycles. The molecule has 0 bridgehead atoms. The Labute approximate surface area is 118 Å². The molecule has 0 saturated heterocycles. The highest BCUT2D eigenvalue weighted by molar-refractivity contribution is 5.96. The van der Waals surface area contributed by atoms with Crippen LogP contribution in [0.1, 0.15) is 19.4 Å². The van der Waals surface area contributed by atoms with Gasteiger partial charge in [-0.3, -0.25) is 9.69 Å². The Hall–Kier alpha value is -2.30. The van der Waals surface area contributed by atoms with Gasteiger partial charge in [0.15, 0.2) is 0 Å². The van der Waals surface area contributed by atoms with Gasteiger partial charge >= 0.3 is 12.0 Å². The van der Waals surface area contributed by atoms with E-state index in [1.54, 1.807) is 12.1 Å². The van der Waals surface area contributed by atoms with E-state index in [1.807, 2.05) is 39.0 Å². The maximum atomic E-state index is 12.1. The third-order valence-corrected chi connectivity index (χ3v) is 2.65. The number of hydrogen-bond donors (Lipinski definition) is 2. The number of carboxylic acid groups (broad SMARTS) is 1. The number of carboxylic acids is 1. The fourth-order valence-corrected chi connectivity index (χ4v) is 1.58. The smallest absolute Gasteiger partial charge is 0.323 e. The molecule has 0 aliphatic carbocycles. The molecule has 5 heteroatoms. The lowest BCUT2D eigenvalue weighted by atomic mass is 10.2. The number of benzene rings is 1. The zero-order chi connectivity index (χ0) is 15.1. The normalized spacial score (nSPS) is 9.75. The third-order valence-electron chi connectivity index (χ3n) is 2.65. The van der Waals surface area contributed by atoms with E-state index >= 15 is 0 Å². The van der Waals surface area contributed by atoms with E-state index in [0.717, 1.165) is 11.1 Å². The number of amides is 2. The zero-order valence-corrected chi connectivity index (χ0v) is 12.0.